The van der Waals surface area contributed by atoms with Crippen LogP contribution < -0.4 is 4.74 Å². The van der Waals surface area contributed by atoms with E-state index in [0.717, 1.165) is 12.1 Å². The standard InChI is InChI=1S/C10H9ClF2O3/c1-5(11)9(15)6-2-3-7(14)8(4-6)16-10(12)13/h2-5,10,14H,1H3. The molecule has 0 saturated heterocycles. The van der Waals surface area contributed by atoms with Gasteiger partial charge < -0.3 is 9.84 Å². The van der Waals surface area contributed by atoms with Crippen LogP contribution in [0, 0.1) is 0 Å². The lowest BCUT2D eigenvalue weighted by molar-refractivity contribution is -0.0512. The number of alkyl halides is 3. The molecule has 16 heavy (non-hydrogen) atoms. The maximum atomic E-state index is 11.9. The fourth-order valence-electron chi connectivity index (χ4n) is 1.09. The number of carbonyl (C=O) groups excluding carboxylic acids is 1. The van der Waals surface area contributed by atoms with Crippen LogP contribution in [0.2, 0.25) is 0 Å². The molecule has 0 spiro atoms. The summed E-state index contributed by atoms with van der Waals surface area (Å²) in [5.74, 6) is -1.34. The molecule has 1 N–H and O–H groups in total. The predicted molar refractivity (Wildman–Crippen MR) is 54.4 cm³/mol. The van der Waals surface area contributed by atoms with Crippen molar-refractivity contribution in [1.82, 2.24) is 0 Å². The Morgan fingerprint density at radius 2 is 2.12 bits per heavy atom. The van der Waals surface area contributed by atoms with Gasteiger partial charge in [-0.05, 0) is 25.1 Å². The molecular formula is C10H9ClF2O3. The predicted octanol–water partition coefficient (Wildman–Crippen LogP) is 2.80. The first-order valence-corrected chi connectivity index (χ1v) is 4.81. The molecule has 0 radical (unpaired) electrons. The molecule has 0 saturated carbocycles. The maximum absolute atomic E-state index is 11.9. The molecule has 1 unspecified atom stereocenters. The number of ether oxygens (including phenoxy) is 1. The number of phenols is 1. The first kappa shape index (κ1) is 12.7. The van der Waals surface area contributed by atoms with Crippen molar-refractivity contribution >= 4 is 17.4 Å². The van der Waals surface area contributed by atoms with E-state index < -0.39 is 29.3 Å². The second-order valence-electron chi connectivity index (χ2n) is 3.04. The van der Waals surface area contributed by atoms with E-state index in [9.17, 15) is 18.7 Å². The molecule has 0 aliphatic heterocycles. The van der Waals surface area contributed by atoms with Gasteiger partial charge in [-0.3, -0.25) is 4.79 Å². The fourth-order valence-corrected chi connectivity index (χ4v) is 1.21. The van der Waals surface area contributed by atoms with Gasteiger partial charge in [0.1, 0.15) is 0 Å². The van der Waals surface area contributed by atoms with Crippen molar-refractivity contribution in [1.29, 1.82) is 0 Å². The first-order chi connectivity index (χ1) is 7.41. The summed E-state index contributed by atoms with van der Waals surface area (Å²) in [7, 11) is 0. The van der Waals surface area contributed by atoms with E-state index in [-0.39, 0.29) is 5.56 Å². The molecule has 0 heterocycles. The van der Waals surface area contributed by atoms with E-state index >= 15 is 0 Å². The second kappa shape index (κ2) is 5.12. The summed E-state index contributed by atoms with van der Waals surface area (Å²) < 4.78 is 27.9. The van der Waals surface area contributed by atoms with Gasteiger partial charge in [-0.25, -0.2) is 0 Å². The molecule has 1 aromatic rings. The third-order valence-electron chi connectivity index (χ3n) is 1.82. The summed E-state index contributed by atoms with van der Waals surface area (Å²) in [6.45, 7) is -1.60. The highest BCUT2D eigenvalue weighted by atomic mass is 35.5. The lowest BCUT2D eigenvalue weighted by atomic mass is 10.1. The first-order valence-electron chi connectivity index (χ1n) is 4.38. The van der Waals surface area contributed by atoms with Crippen LogP contribution in [-0.2, 0) is 0 Å². The lowest BCUT2D eigenvalue weighted by Crippen LogP contribution is -2.11. The SMILES string of the molecule is CC(Cl)C(=O)c1ccc(O)c(OC(F)F)c1. The van der Waals surface area contributed by atoms with Crippen molar-refractivity contribution in [3.05, 3.63) is 23.8 Å². The molecule has 1 rings (SSSR count). The van der Waals surface area contributed by atoms with E-state index in [0.29, 0.717) is 0 Å². The van der Waals surface area contributed by atoms with E-state index in [1.807, 2.05) is 0 Å². The van der Waals surface area contributed by atoms with Gasteiger partial charge in [0.15, 0.2) is 17.3 Å². The number of benzene rings is 1. The van der Waals surface area contributed by atoms with Crippen molar-refractivity contribution in [2.24, 2.45) is 0 Å². The lowest BCUT2D eigenvalue weighted by Gasteiger charge is -2.09. The summed E-state index contributed by atoms with van der Waals surface area (Å²) >= 11 is 5.56. The van der Waals surface area contributed by atoms with E-state index in [1.54, 1.807) is 0 Å². The molecule has 88 valence electrons. The monoisotopic (exact) mass is 250 g/mol. The minimum Gasteiger partial charge on any atom is -0.504 e. The fraction of sp³-hybridized carbons (Fsp3) is 0.300. The van der Waals surface area contributed by atoms with Crippen LogP contribution in [-0.4, -0.2) is 22.9 Å². The van der Waals surface area contributed by atoms with Crippen LogP contribution in [0.5, 0.6) is 11.5 Å². The van der Waals surface area contributed by atoms with Gasteiger partial charge in [-0.2, -0.15) is 8.78 Å². The van der Waals surface area contributed by atoms with Crippen molar-refractivity contribution in [2.45, 2.75) is 18.9 Å². The summed E-state index contributed by atoms with van der Waals surface area (Å²) in [4.78, 5) is 11.4. The van der Waals surface area contributed by atoms with E-state index in [1.165, 1.54) is 13.0 Å². The van der Waals surface area contributed by atoms with Crippen molar-refractivity contribution in [3.8, 4) is 11.5 Å². The zero-order valence-corrected chi connectivity index (χ0v) is 9.04. The van der Waals surface area contributed by atoms with Gasteiger partial charge in [-0.1, -0.05) is 0 Å². The minimum atomic E-state index is -3.07. The zero-order valence-electron chi connectivity index (χ0n) is 8.28. The number of ketones is 1. The smallest absolute Gasteiger partial charge is 0.387 e. The quantitative estimate of drug-likeness (QED) is 0.660. The molecule has 1 atom stereocenters. The van der Waals surface area contributed by atoms with Crippen molar-refractivity contribution < 1.29 is 23.4 Å². The molecule has 0 fully saturated rings. The number of halogens is 3. The van der Waals surface area contributed by atoms with Gasteiger partial charge >= 0.3 is 6.61 Å². The average molecular weight is 251 g/mol. The molecule has 0 aliphatic carbocycles. The van der Waals surface area contributed by atoms with Crippen LogP contribution in [0.15, 0.2) is 18.2 Å². The van der Waals surface area contributed by atoms with Gasteiger partial charge in [0, 0.05) is 5.56 Å². The zero-order chi connectivity index (χ0) is 12.3. The number of Topliss-reactive ketones (excluding diaryl/α,β-unsaturated/α-hetero) is 1. The molecular weight excluding hydrogens is 242 g/mol. The van der Waals surface area contributed by atoms with Crippen LogP contribution in [0.3, 0.4) is 0 Å². The Bertz CT molecular complexity index is 394. The highest BCUT2D eigenvalue weighted by molar-refractivity contribution is 6.33. The van der Waals surface area contributed by atoms with Crippen LogP contribution in [0.25, 0.3) is 0 Å². The van der Waals surface area contributed by atoms with Crippen molar-refractivity contribution in [3.63, 3.8) is 0 Å². The molecule has 0 aromatic heterocycles. The second-order valence-corrected chi connectivity index (χ2v) is 3.70. The Morgan fingerprint density at radius 3 is 2.62 bits per heavy atom. The van der Waals surface area contributed by atoms with Gasteiger partial charge in [0.2, 0.25) is 0 Å². The number of phenolic OH excluding ortho intramolecular Hbond substituents is 1. The Balaban J connectivity index is 3.02. The van der Waals surface area contributed by atoms with Crippen LogP contribution in [0.1, 0.15) is 17.3 Å². The Hall–Kier alpha value is -1.36. The third-order valence-corrected chi connectivity index (χ3v) is 2.02. The number of aromatic hydroxyl groups is 1. The summed E-state index contributed by atoms with van der Waals surface area (Å²) in [6, 6.07) is 3.42. The minimum absolute atomic E-state index is 0.107. The molecule has 0 amide bonds. The van der Waals surface area contributed by atoms with Crippen molar-refractivity contribution in [2.75, 3.05) is 0 Å². The number of hydrogen-bond donors (Lipinski definition) is 1. The largest absolute Gasteiger partial charge is 0.504 e. The van der Waals surface area contributed by atoms with Gasteiger partial charge in [0.25, 0.3) is 0 Å². The number of carbonyl (C=O) groups is 1. The van der Waals surface area contributed by atoms with Gasteiger partial charge in [-0.15, -0.1) is 11.6 Å². The molecule has 3 nitrogen and oxygen atoms in total. The highest BCUT2D eigenvalue weighted by Gasteiger charge is 2.16. The van der Waals surface area contributed by atoms with Crippen LogP contribution >= 0.6 is 11.6 Å². The molecule has 0 bridgehead atoms. The number of hydrogen-bond acceptors (Lipinski definition) is 3. The Morgan fingerprint density at radius 1 is 1.50 bits per heavy atom. The topological polar surface area (TPSA) is 46.5 Å². The van der Waals surface area contributed by atoms with E-state index in [4.69, 9.17) is 11.6 Å². The maximum Gasteiger partial charge on any atom is 0.387 e. The van der Waals surface area contributed by atoms with Gasteiger partial charge in [0.05, 0.1) is 5.38 Å². The molecule has 0 aliphatic rings. The summed E-state index contributed by atoms with van der Waals surface area (Å²) in [5.41, 5.74) is 0.107. The normalized spacial score (nSPS) is 12.6. The summed E-state index contributed by atoms with van der Waals surface area (Å²) in [5, 5.41) is 8.43. The Kier molecular flexibility index (Phi) is 4.06. The Labute approximate surface area is 95.6 Å². The molecule has 6 heteroatoms. The van der Waals surface area contributed by atoms with Crippen LogP contribution in [0.4, 0.5) is 8.78 Å². The molecule has 1 aromatic carbocycles. The number of rotatable bonds is 4. The highest BCUT2D eigenvalue weighted by Crippen LogP contribution is 2.29. The average Bonchev–Trinajstić information content (AvgIpc) is 2.19. The third kappa shape index (κ3) is 3.06. The summed E-state index contributed by atoms with van der Waals surface area (Å²) in [6.07, 6.45) is 0. The van der Waals surface area contributed by atoms with E-state index in [2.05, 4.69) is 4.74 Å².